The molecule has 0 aliphatic rings. The molecule has 1 aromatic heterocycles. The highest BCUT2D eigenvalue weighted by atomic mass is 35.5. The zero-order chi connectivity index (χ0) is 13.3. The van der Waals surface area contributed by atoms with E-state index in [-0.39, 0.29) is 17.1 Å². The molecule has 0 amide bonds. The molecule has 0 aliphatic heterocycles. The van der Waals surface area contributed by atoms with Gasteiger partial charge in [-0.05, 0) is 34.7 Å². The van der Waals surface area contributed by atoms with Gasteiger partial charge in [0.05, 0.1) is 0 Å². The third-order valence-electron chi connectivity index (χ3n) is 2.52. The van der Waals surface area contributed by atoms with Crippen LogP contribution in [0.1, 0.15) is 32.2 Å². The lowest BCUT2D eigenvalue weighted by Gasteiger charge is -2.14. The van der Waals surface area contributed by atoms with Crippen LogP contribution < -0.4 is 0 Å². The number of carbonyl (C=O) groups excluding carboxylic acids is 1. The van der Waals surface area contributed by atoms with Gasteiger partial charge in [0.1, 0.15) is 5.52 Å². The van der Waals surface area contributed by atoms with Gasteiger partial charge in [-0.2, -0.15) is 0 Å². The van der Waals surface area contributed by atoms with Gasteiger partial charge >= 0.3 is 0 Å². The van der Waals surface area contributed by atoms with E-state index in [1.54, 1.807) is 0 Å². The summed E-state index contributed by atoms with van der Waals surface area (Å²) in [4.78, 5) is 15.3. The van der Waals surface area contributed by atoms with Crippen LogP contribution in [-0.2, 0) is 17.6 Å². The number of rotatable bonds is 3. The average Bonchev–Trinajstić information content (AvgIpc) is 2.54. The molecular formula is C14H16ClNO2. The van der Waals surface area contributed by atoms with E-state index in [0.717, 1.165) is 29.0 Å². The second kappa shape index (κ2) is 4.73. The minimum atomic E-state index is -0.368. The number of halogens is 1. The highest BCUT2D eigenvalue weighted by molar-refractivity contribution is 6.63. The van der Waals surface area contributed by atoms with Crippen LogP contribution in [0, 0.1) is 5.41 Å². The lowest BCUT2D eigenvalue weighted by atomic mass is 9.92. The van der Waals surface area contributed by atoms with E-state index >= 15 is 0 Å². The van der Waals surface area contributed by atoms with Crippen molar-refractivity contribution >= 4 is 27.9 Å². The third kappa shape index (κ3) is 3.33. The minimum Gasteiger partial charge on any atom is -0.441 e. The first kappa shape index (κ1) is 13.1. The Hall–Kier alpha value is -1.35. The Kier molecular flexibility index (Phi) is 3.44. The fourth-order valence-electron chi connectivity index (χ4n) is 1.82. The summed E-state index contributed by atoms with van der Waals surface area (Å²) < 4.78 is 5.68. The molecule has 0 N–H and O–H groups in total. The van der Waals surface area contributed by atoms with Gasteiger partial charge in [-0.25, -0.2) is 4.98 Å². The molecular weight excluding hydrogens is 250 g/mol. The topological polar surface area (TPSA) is 43.1 Å². The fourth-order valence-corrected chi connectivity index (χ4v) is 1.97. The second-order valence-electron chi connectivity index (χ2n) is 5.68. The lowest BCUT2D eigenvalue weighted by Crippen LogP contribution is -2.09. The number of hydrogen-bond donors (Lipinski definition) is 0. The van der Waals surface area contributed by atoms with Crippen molar-refractivity contribution in [1.82, 2.24) is 4.98 Å². The first-order valence-corrected chi connectivity index (χ1v) is 6.28. The third-order valence-corrected chi connectivity index (χ3v) is 2.65. The molecule has 3 nitrogen and oxygen atoms in total. The van der Waals surface area contributed by atoms with Crippen molar-refractivity contribution in [2.45, 2.75) is 33.6 Å². The quantitative estimate of drug-likeness (QED) is 0.795. The number of oxazole rings is 1. The summed E-state index contributed by atoms with van der Waals surface area (Å²) >= 11 is 5.37. The Morgan fingerprint density at radius 3 is 2.72 bits per heavy atom. The van der Waals surface area contributed by atoms with Gasteiger partial charge in [-0.15, -0.1) is 0 Å². The van der Waals surface area contributed by atoms with Crippen LogP contribution in [-0.4, -0.2) is 10.2 Å². The number of hydrogen-bond acceptors (Lipinski definition) is 3. The molecule has 96 valence electrons. The minimum absolute atomic E-state index is 0.135. The zero-order valence-electron chi connectivity index (χ0n) is 10.8. The van der Waals surface area contributed by atoms with Gasteiger partial charge in [0.25, 0.3) is 0 Å². The predicted octanol–water partition coefficient (Wildman–Crippen LogP) is 3.72. The van der Waals surface area contributed by atoms with Gasteiger partial charge in [0, 0.05) is 12.8 Å². The summed E-state index contributed by atoms with van der Waals surface area (Å²) in [6.07, 6.45) is 1.00. The predicted molar refractivity (Wildman–Crippen MR) is 71.7 cm³/mol. The van der Waals surface area contributed by atoms with E-state index in [2.05, 4.69) is 25.8 Å². The van der Waals surface area contributed by atoms with Crippen molar-refractivity contribution in [2.24, 2.45) is 5.41 Å². The summed E-state index contributed by atoms with van der Waals surface area (Å²) in [5.41, 5.74) is 2.53. The number of aromatic nitrogens is 1. The van der Waals surface area contributed by atoms with E-state index in [1.165, 1.54) is 0 Å². The van der Waals surface area contributed by atoms with Crippen molar-refractivity contribution < 1.29 is 9.21 Å². The molecule has 0 fully saturated rings. The monoisotopic (exact) mass is 265 g/mol. The highest BCUT2D eigenvalue weighted by Gasteiger charge is 2.16. The van der Waals surface area contributed by atoms with Gasteiger partial charge in [0.2, 0.25) is 5.24 Å². The van der Waals surface area contributed by atoms with Crippen LogP contribution in [0.5, 0.6) is 0 Å². The maximum Gasteiger partial charge on any atom is 0.226 e. The van der Waals surface area contributed by atoms with Crippen LogP contribution in [0.15, 0.2) is 22.6 Å². The molecule has 1 aromatic carbocycles. The molecule has 0 atom stereocenters. The number of benzene rings is 1. The van der Waals surface area contributed by atoms with Gasteiger partial charge in [-0.3, -0.25) is 4.79 Å². The molecule has 0 saturated heterocycles. The molecule has 0 unspecified atom stereocenters. The smallest absolute Gasteiger partial charge is 0.226 e. The average molecular weight is 266 g/mol. The summed E-state index contributed by atoms with van der Waals surface area (Å²) in [6.45, 7) is 6.42. The van der Waals surface area contributed by atoms with Gasteiger partial charge < -0.3 is 4.42 Å². The molecule has 0 bridgehead atoms. The molecule has 2 aromatic rings. The summed E-state index contributed by atoms with van der Waals surface area (Å²) in [5.74, 6) is 0.729. The van der Waals surface area contributed by atoms with E-state index in [0.29, 0.717) is 0 Å². The molecule has 0 aliphatic carbocycles. The normalized spacial score (nSPS) is 12.0. The van der Waals surface area contributed by atoms with Crippen molar-refractivity contribution in [2.75, 3.05) is 0 Å². The van der Waals surface area contributed by atoms with Crippen molar-refractivity contribution in [3.63, 3.8) is 0 Å². The first-order chi connectivity index (χ1) is 8.33. The molecule has 2 rings (SSSR count). The van der Waals surface area contributed by atoms with Gasteiger partial charge in [0.15, 0.2) is 11.5 Å². The Balaban J connectivity index is 2.31. The lowest BCUT2D eigenvalue weighted by molar-refractivity contribution is -0.111. The molecule has 18 heavy (non-hydrogen) atoms. The SMILES string of the molecule is CC(C)(C)Cc1nc2cc(CC(=O)Cl)ccc2o1. The van der Waals surface area contributed by atoms with Gasteiger partial charge in [-0.1, -0.05) is 26.8 Å². The summed E-state index contributed by atoms with van der Waals surface area (Å²) in [7, 11) is 0. The van der Waals surface area contributed by atoms with E-state index in [1.807, 2.05) is 18.2 Å². The van der Waals surface area contributed by atoms with E-state index in [4.69, 9.17) is 16.0 Å². The molecule has 0 spiro atoms. The maximum atomic E-state index is 10.9. The maximum absolute atomic E-state index is 10.9. The second-order valence-corrected chi connectivity index (χ2v) is 6.10. The Morgan fingerprint density at radius 2 is 2.11 bits per heavy atom. The molecule has 0 saturated carbocycles. The van der Waals surface area contributed by atoms with E-state index in [9.17, 15) is 4.79 Å². The van der Waals surface area contributed by atoms with E-state index < -0.39 is 0 Å². The Labute approximate surface area is 111 Å². The largest absolute Gasteiger partial charge is 0.441 e. The summed E-state index contributed by atoms with van der Waals surface area (Å²) in [5, 5.41) is -0.368. The summed E-state index contributed by atoms with van der Waals surface area (Å²) in [6, 6.07) is 5.53. The fraction of sp³-hybridized carbons (Fsp3) is 0.429. The molecule has 4 heteroatoms. The number of nitrogens with zero attached hydrogens (tertiary/aromatic N) is 1. The van der Waals surface area contributed by atoms with Crippen LogP contribution in [0.2, 0.25) is 0 Å². The Morgan fingerprint density at radius 1 is 1.39 bits per heavy atom. The Bertz CT molecular complexity index is 581. The zero-order valence-corrected chi connectivity index (χ0v) is 11.5. The van der Waals surface area contributed by atoms with Crippen molar-refractivity contribution in [3.05, 3.63) is 29.7 Å². The van der Waals surface area contributed by atoms with Crippen molar-refractivity contribution in [1.29, 1.82) is 0 Å². The molecule has 1 heterocycles. The number of carbonyl (C=O) groups is 1. The number of fused-ring (bicyclic) bond motifs is 1. The highest BCUT2D eigenvalue weighted by Crippen LogP contribution is 2.24. The van der Waals surface area contributed by atoms with Crippen LogP contribution >= 0.6 is 11.6 Å². The molecule has 0 radical (unpaired) electrons. The van der Waals surface area contributed by atoms with Crippen molar-refractivity contribution in [3.8, 4) is 0 Å². The standard InChI is InChI=1S/C14H16ClNO2/c1-14(2,3)8-13-16-10-6-9(7-12(15)17)4-5-11(10)18-13/h4-6H,7-8H2,1-3H3. The van der Waals surface area contributed by atoms with Crippen LogP contribution in [0.3, 0.4) is 0 Å². The van der Waals surface area contributed by atoms with Crippen LogP contribution in [0.25, 0.3) is 11.1 Å². The first-order valence-electron chi connectivity index (χ1n) is 5.90. The van der Waals surface area contributed by atoms with Crippen LogP contribution in [0.4, 0.5) is 0 Å².